The van der Waals surface area contributed by atoms with Gasteiger partial charge in [0.05, 0.1) is 51.9 Å². The third kappa shape index (κ3) is 2.48. The minimum atomic E-state index is -2.90. The molecular formula is C39H24AlN3O3. The molecule has 6 bridgehead atoms. The van der Waals surface area contributed by atoms with Gasteiger partial charge in [0.2, 0.25) is 0 Å². The molecule has 6 aliphatic heterocycles. The predicted molar refractivity (Wildman–Crippen MR) is 170 cm³/mol. The van der Waals surface area contributed by atoms with E-state index < -0.39 is 27.5 Å². The molecule has 7 heteroatoms. The Morgan fingerprint density at radius 1 is 0.391 bits per heavy atom. The minimum Gasteiger partial charge on any atom is -0.495 e. The summed E-state index contributed by atoms with van der Waals surface area (Å²) in [6, 6.07) is 44.9. The van der Waals surface area contributed by atoms with Crippen molar-refractivity contribution >= 4 is 14.1 Å². The Bertz CT molecular complexity index is 2090. The highest BCUT2D eigenvalue weighted by atomic mass is 27.2. The van der Waals surface area contributed by atoms with Gasteiger partial charge in [0.15, 0.2) is 0 Å². The normalized spacial score (nSPS) is 30.3. The van der Waals surface area contributed by atoms with Gasteiger partial charge in [-0.25, -0.2) is 0 Å². The summed E-state index contributed by atoms with van der Waals surface area (Å²) < 4.78 is 20.2. The highest BCUT2D eigenvalue weighted by Gasteiger charge is 2.85. The van der Waals surface area contributed by atoms with Crippen LogP contribution in [-0.4, -0.2) is 29.1 Å². The molecule has 0 radical (unpaired) electrons. The van der Waals surface area contributed by atoms with Crippen molar-refractivity contribution in [1.29, 1.82) is 0 Å². The van der Waals surface area contributed by atoms with Crippen LogP contribution in [0.5, 0.6) is 17.2 Å². The van der Waals surface area contributed by atoms with E-state index in [-0.39, 0.29) is 17.8 Å². The summed E-state index contributed by atoms with van der Waals surface area (Å²) in [5.74, 6) is 1.98. The maximum atomic E-state index is 7.65. The van der Waals surface area contributed by atoms with Gasteiger partial charge >= 0.3 is 14.1 Å². The fourth-order valence-electron chi connectivity index (χ4n) is 10.2. The Labute approximate surface area is 269 Å². The van der Waals surface area contributed by atoms with E-state index in [2.05, 4.69) is 127 Å². The van der Waals surface area contributed by atoms with Crippen LogP contribution in [0.15, 0.2) is 127 Å². The number of fused-ring (bicyclic) bond motifs is 15. The molecule has 3 aromatic carbocycles. The van der Waals surface area contributed by atoms with Gasteiger partial charge in [-0.2, -0.15) is 0 Å². The first-order valence-electron chi connectivity index (χ1n) is 16.0. The number of hydrogen-bond donors (Lipinski definition) is 0. The highest BCUT2D eigenvalue weighted by molar-refractivity contribution is 6.69. The fourth-order valence-corrected chi connectivity index (χ4v) is 16.2. The van der Waals surface area contributed by atoms with Crippen LogP contribution in [0.3, 0.4) is 0 Å². The van der Waals surface area contributed by atoms with Crippen LogP contribution in [0, 0.1) is 0 Å². The zero-order chi connectivity index (χ0) is 29.8. The molecule has 3 spiro atoms. The van der Waals surface area contributed by atoms with E-state index in [1.165, 1.54) is 0 Å². The van der Waals surface area contributed by atoms with Crippen LogP contribution in [-0.2, 0) is 13.4 Å². The molecule has 6 unspecified atom stereocenters. The molecule has 0 saturated heterocycles. The lowest BCUT2D eigenvalue weighted by Crippen LogP contribution is -2.72. The first-order chi connectivity index (χ1) is 22.7. The summed E-state index contributed by atoms with van der Waals surface area (Å²) in [5, 5.41) is 0. The second-order valence-corrected chi connectivity index (χ2v) is 16.8. The quantitative estimate of drug-likeness (QED) is 0.181. The summed E-state index contributed by atoms with van der Waals surface area (Å²) in [7, 11) is 0. The van der Waals surface area contributed by atoms with E-state index >= 15 is 0 Å². The Morgan fingerprint density at radius 3 is 1.07 bits per heavy atom. The van der Waals surface area contributed by atoms with Gasteiger partial charge in [-0.1, -0.05) is 72.8 Å². The van der Waals surface area contributed by atoms with Crippen molar-refractivity contribution in [3.05, 3.63) is 178 Å². The minimum absolute atomic E-state index is 0.213. The van der Waals surface area contributed by atoms with Crippen molar-refractivity contribution < 1.29 is 14.2 Å². The van der Waals surface area contributed by atoms with Gasteiger partial charge in [0, 0.05) is 16.7 Å². The van der Waals surface area contributed by atoms with Crippen LogP contribution < -0.4 is 14.2 Å². The molecule has 3 aromatic heterocycles. The average molecular weight is 610 g/mol. The monoisotopic (exact) mass is 609 g/mol. The molecule has 9 heterocycles. The number of nitrogens with zero attached hydrogens (tertiary/aromatic N) is 3. The SMILES string of the molecule is c1cc2nc(c1)[C]13Oc4ccccc4C1c1cccc(n1)[C]14Oc5ccccc5C1c1cccc(n1)[C]1(Oc5ccccc5C21)[Al]34. The highest BCUT2D eigenvalue weighted by Crippen LogP contribution is 2.71. The molecule has 12 rings (SSSR count). The van der Waals surface area contributed by atoms with E-state index in [4.69, 9.17) is 29.2 Å². The Kier molecular flexibility index (Phi) is 4.16. The number of rotatable bonds is 0. The number of ether oxygens (including phenoxy) is 3. The summed E-state index contributed by atoms with van der Waals surface area (Å²) in [6.07, 6.45) is 0. The molecule has 0 aliphatic carbocycles. The lowest BCUT2D eigenvalue weighted by molar-refractivity contribution is 0.0679. The van der Waals surface area contributed by atoms with Crippen molar-refractivity contribution in [2.45, 2.75) is 31.1 Å². The van der Waals surface area contributed by atoms with Crippen LogP contribution in [0.1, 0.15) is 68.6 Å². The standard InChI is InChI=1S/C39H24N3O3.Al/c1-4-19-31-22(10-1)34-25-13-7-17-29(40-25)38-36(24-12-3-5-20-32(24)44-38)27-15-9-18-30(42-27)39-35(23-11-2-6-21-33(23)45-39)26-14-8-16-28(41-26)37(34)43-31;/h1-21,34-36H;. The molecule has 6 nitrogen and oxygen atoms in total. The molecule has 216 valence electrons. The molecule has 0 fully saturated rings. The van der Waals surface area contributed by atoms with Crippen molar-refractivity contribution in [2.75, 3.05) is 0 Å². The molecule has 0 saturated carbocycles. The molecule has 46 heavy (non-hydrogen) atoms. The average Bonchev–Trinajstić information content (AvgIpc) is 3.71. The van der Waals surface area contributed by atoms with Gasteiger partial charge < -0.3 is 14.2 Å². The first-order valence-corrected chi connectivity index (χ1v) is 17.7. The molecule has 0 N–H and O–H groups in total. The van der Waals surface area contributed by atoms with Gasteiger partial charge in [-0.3, -0.25) is 15.0 Å². The lowest BCUT2D eigenvalue weighted by Gasteiger charge is -2.49. The van der Waals surface area contributed by atoms with Crippen molar-refractivity contribution in [3.8, 4) is 17.2 Å². The lowest BCUT2D eigenvalue weighted by atomic mass is 9.88. The Hall–Kier alpha value is -4.96. The third-order valence-electron chi connectivity index (χ3n) is 11.5. The smallest absolute Gasteiger partial charge is 0.489 e. The summed E-state index contributed by atoms with van der Waals surface area (Å²) in [4.78, 5) is 16.8. The van der Waals surface area contributed by atoms with E-state index in [0.717, 1.165) is 68.1 Å². The van der Waals surface area contributed by atoms with E-state index in [0.29, 0.717) is 0 Å². The number of para-hydroxylation sites is 3. The molecule has 6 atom stereocenters. The number of benzene rings is 3. The third-order valence-corrected chi connectivity index (χ3v) is 16.3. The van der Waals surface area contributed by atoms with Gasteiger partial charge in [-0.15, -0.1) is 0 Å². The maximum Gasteiger partial charge on any atom is 0.489 e. The van der Waals surface area contributed by atoms with E-state index in [1.54, 1.807) is 0 Å². The Balaban J connectivity index is 1.33. The molecular weight excluding hydrogens is 585 g/mol. The molecule has 6 aromatic rings. The topological polar surface area (TPSA) is 66.4 Å². The van der Waals surface area contributed by atoms with Gasteiger partial charge in [0.25, 0.3) is 0 Å². The number of aromatic nitrogens is 3. The fraction of sp³-hybridized carbons (Fsp3) is 0.154. The second-order valence-electron chi connectivity index (χ2n) is 13.4. The largest absolute Gasteiger partial charge is 0.495 e. The zero-order valence-electron chi connectivity index (χ0n) is 24.5. The van der Waals surface area contributed by atoms with E-state index in [1.807, 2.05) is 0 Å². The number of pyridine rings is 3. The Morgan fingerprint density at radius 2 is 0.717 bits per heavy atom. The van der Waals surface area contributed by atoms with Crippen molar-refractivity contribution in [1.82, 2.24) is 15.0 Å². The molecule has 0 amide bonds. The predicted octanol–water partition coefficient (Wildman–Crippen LogP) is 6.58. The van der Waals surface area contributed by atoms with Crippen LogP contribution in [0.2, 0.25) is 0 Å². The van der Waals surface area contributed by atoms with Crippen LogP contribution in [0.4, 0.5) is 0 Å². The van der Waals surface area contributed by atoms with Crippen molar-refractivity contribution in [2.24, 2.45) is 0 Å². The van der Waals surface area contributed by atoms with Gasteiger partial charge in [0.1, 0.15) is 30.6 Å². The van der Waals surface area contributed by atoms with Crippen LogP contribution in [0.25, 0.3) is 0 Å². The van der Waals surface area contributed by atoms with Crippen LogP contribution >= 0.6 is 0 Å². The van der Waals surface area contributed by atoms with E-state index in [9.17, 15) is 0 Å². The first kappa shape index (κ1) is 24.3. The zero-order valence-corrected chi connectivity index (χ0v) is 25.7. The summed E-state index contributed by atoms with van der Waals surface area (Å²) in [5.41, 5.74) is 9.09. The summed E-state index contributed by atoms with van der Waals surface area (Å²) >= 11 is -2.90. The second kappa shape index (κ2) is 7.87. The molecule has 6 aliphatic rings. The summed E-state index contributed by atoms with van der Waals surface area (Å²) in [6.45, 7) is 0. The van der Waals surface area contributed by atoms with Crippen molar-refractivity contribution in [3.63, 3.8) is 0 Å². The number of hydrogen-bond acceptors (Lipinski definition) is 6. The maximum absolute atomic E-state index is 7.65. The van der Waals surface area contributed by atoms with Gasteiger partial charge in [-0.05, 0) is 54.6 Å².